The van der Waals surface area contributed by atoms with Crippen LogP contribution >= 0.6 is 0 Å². The summed E-state index contributed by atoms with van der Waals surface area (Å²) < 4.78 is 7.65. The number of nitrogens with zero attached hydrogens (tertiary/aromatic N) is 4. The Labute approximate surface area is 121 Å². The Kier molecular flexibility index (Phi) is 6.42. The molecule has 2 heterocycles. The van der Waals surface area contributed by atoms with Crippen molar-refractivity contribution in [3.05, 3.63) is 11.9 Å². The quantitative estimate of drug-likeness (QED) is 0.717. The van der Waals surface area contributed by atoms with Crippen molar-refractivity contribution < 1.29 is 4.74 Å². The van der Waals surface area contributed by atoms with Crippen LogP contribution in [0.4, 0.5) is 0 Å². The van der Waals surface area contributed by atoms with Gasteiger partial charge in [0.1, 0.15) is 0 Å². The van der Waals surface area contributed by atoms with Crippen LogP contribution in [-0.4, -0.2) is 59.3 Å². The largest absolute Gasteiger partial charge is 0.378 e. The highest BCUT2D eigenvalue weighted by atomic mass is 16.5. The lowest BCUT2D eigenvalue weighted by molar-refractivity contribution is 0.0482. The Morgan fingerprint density at radius 2 is 2.35 bits per heavy atom. The van der Waals surface area contributed by atoms with Crippen molar-refractivity contribution in [1.29, 1.82) is 0 Å². The number of nitrogens with one attached hydrogen (secondary N) is 1. The topological polar surface area (TPSA) is 55.2 Å². The molecule has 0 amide bonds. The number of hydrogen-bond donors (Lipinski definition) is 1. The van der Waals surface area contributed by atoms with Crippen molar-refractivity contribution in [2.75, 3.05) is 33.4 Å². The summed E-state index contributed by atoms with van der Waals surface area (Å²) in [6.07, 6.45) is 5.89. The van der Waals surface area contributed by atoms with Crippen molar-refractivity contribution in [3.63, 3.8) is 0 Å². The van der Waals surface area contributed by atoms with Gasteiger partial charge in [0.25, 0.3) is 0 Å². The van der Waals surface area contributed by atoms with Gasteiger partial charge in [0.2, 0.25) is 0 Å². The van der Waals surface area contributed by atoms with Crippen LogP contribution in [0, 0.1) is 0 Å². The van der Waals surface area contributed by atoms with Crippen LogP contribution in [0.5, 0.6) is 0 Å². The molecule has 6 nitrogen and oxygen atoms in total. The molecule has 114 valence electrons. The Morgan fingerprint density at radius 3 is 3.15 bits per heavy atom. The molecule has 1 aliphatic rings. The van der Waals surface area contributed by atoms with E-state index in [1.165, 1.54) is 25.8 Å². The average Bonchev–Trinajstić information content (AvgIpc) is 2.91. The Hall–Kier alpha value is -0.980. The molecule has 1 aromatic rings. The van der Waals surface area contributed by atoms with Crippen LogP contribution < -0.4 is 5.32 Å². The second-order valence-electron chi connectivity index (χ2n) is 5.46. The maximum Gasteiger partial charge on any atom is 0.0964 e. The predicted octanol–water partition coefficient (Wildman–Crippen LogP) is 0.889. The molecular formula is C14H27N5O. The van der Waals surface area contributed by atoms with Gasteiger partial charge in [-0.25, -0.2) is 4.68 Å². The minimum atomic E-state index is 0.587. The molecule has 0 aliphatic carbocycles. The zero-order valence-corrected chi connectivity index (χ0v) is 12.7. The molecular weight excluding hydrogens is 254 g/mol. The molecule has 1 fully saturated rings. The molecule has 0 saturated carbocycles. The second-order valence-corrected chi connectivity index (χ2v) is 5.46. The number of hydrogen-bond acceptors (Lipinski definition) is 5. The molecule has 0 bridgehead atoms. The van der Waals surface area contributed by atoms with Crippen LogP contribution in [0.15, 0.2) is 6.20 Å². The van der Waals surface area contributed by atoms with E-state index in [0.717, 1.165) is 31.9 Å². The minimum Gasteiger partial charge on any atom is -0.378 e. The minimum absolute atomic E-state index is 0.587. The monoisotopic (exact) mass is 281 g/mol. The van der Waals surface area contributed by atoms with E-state index in [1.807, 2.05) is 10.9 Å². The van der Waals surface area contributed by atoms with E-state index in [9.17, 15) is 0 Å². The van der Waals surface area contributed by atoms with E-state index in [4.69, 9.17) is 4.74 Å². The van der Waals surface area contributed by atoms with Gasteiger partial charge in [-0.1, -0.05) is 18.6 Å². The lowest BCUT2D eigenvalue weighted by atomic mass is 10.0. The third-order valence-electron chi connectivity index (χ3n) is 3.84. The normalized spacial score (nSPS) is 20.4. The maximum absolute atomic E-state index is 5.79. The Bertz CT molecular complexity index is 381. The summed E-state index contributed by atoms with van der Waals surface area (Å²) in [4.78, 5) is 2.41. The van der Waals surface area contributed by atoms with E-state index in [0.29, 0.717) is 12.6 Å². The summed E-state index contributed by atoms with van der Waals surface area (Å²) in [5.74, 6) is 0. The molecule has 0 spiro atoms. The van der Waals surface area contributed by atoms with Crippen molar-refractivity contribution >= 4 is 0 Å². The molecule has 6 heteroatoms. The summed E-state index contributed by atoms with van der Waals surface area (Å²) in [7, 11) is 2.19. The van der Waals surface area contributed by atoms with Crippen LogP contribution in [0.3, 0.4) is 0 Å². The fourth-order valence-corrected chi connectivity index (χ4v) is 2.51. The number of aromatic nitrogens is 3. The first-order valence-electron chi connectivity index (χ1n) is 7.67. The van der Waals surface area contributed by atoms with Gasteiger partial charge < -0.3 is 15.0 Å². The third-order valence-corrected chi connectivity index (χ3v) is 3.84. The van der Waals surface area contributed by atoms with Gasteiger partial charge in [0.15, 0.2) is 0 Å². The standard InChI is InChI=1S/C14H27N5O/c1-3-15-10-13-11-19(17-16-13)8-9-20-12-14-6-4-5-7-18(14)2/h11,14-15H,3-10,12H2,1-2H3. The predicted molar refractivity (Wildman–Crippen MR) is 78.5 cm³/mol. The smallest absolute Gasteiger partial charge is 0.0964 e. The summed E-state index contributed by atoms with van der Waals surface area (Å²) in [6.45, 7) is 7.32. The van der Waals surface area contributed by atoms with Crippen molar-refractivity contribution in [2.24, 2.45) is 0 Å². The number of ether oxygens (including phenoxy) is 1. The van der Waals surface area contributed by atoms with Gasteiger partial charge in [-0.05, 0) is 33.0 Å². The number of likely N-dealkylation sites (N-methyl/N-ethyl adjacent to an activating group) is 1. The summed E-state index contributed by atoms with van der Waals surface area (Å²) in [6, 6.07) is 0.587. The van der Waals surface area contributed by atoms with Gasteiger partial charge in [-0.3, -0.25) is 0 Å². The molecule has 1 atom stereocenters. The van der Waals surface area contributed by atoms with E-state index >= 15 is 0 Å². The van der Waals surface area contributed by atoms with E-state index < -0.39 is 0 Å². The van der Waals surface area contributed by atoms with Crippen LogP contribution in [0.2, 0.25) is 0 Å². The maximum atomic E-state index is 5.79. The molecule has 0 radical (unpaired) electrons. The number of piperidine rings is 1. The van der Waals surface area contributed by atoms with Gasteiger partial charge in [0, 0.05) is 18.8 Å². The SMILES string of the molecule is CCNCc1cn(CCOCC2CCCCN2C)nn1. The zero-order chi connectivity index (χ0) is 14.2. The van der Waals surface area contributed by atoms with Gasteiger partial charge in [-0.2, -0.15) is 0 Å². The zero-order valence-electron chi connectivity index (χ0n) is 12.7. The molecule has 1 unspecified atom stereocenters. The van der Waals surface area contributed by atoms with Gasteiger partial charge in [-0.15, -0.1) is 5.10 Å². The van der Waals surface area contributed by atoms with Crippen LogP contribution in [0.1, 0.15) is 31.9 Å². The van der Waals surface area contributed by atoms with Crippen LogP contribution in [0.25, 0.3) is 0 Å². The molecule has 1 aliphatic heterocycles. The van der Waals surface area contributed by atoms with Crippen molar-refractivity contribution in [2.45, 2.75) is 45.3 Å². The third kappa shape index (κ3) is 4.85. The first kappa shape index (κ1) is 15.4. The first-order chi connectivity index (χ1) is 9.79. The fraction of sp³-hybridized carbons (Fsp3) is 0.857. The first-order valence-corrected chi connectivity index (χ1v) is 7.67. The number of likely N-dealkylation sites (tertiary alicyclic amines) is 1. The highest BCUT2D eigenvalue weighted by molar-refractivity contribution is 4.91. The average molecular weight is 281 g/mol. The van der Waals surface area contributed by atoms with Gasteiger partial charge >= 0.3 is 0 Å². The highest BCUT2D eigenvalue weighted by Gasteiger charge is 2.18. The summed E-state index contributed by atoms with van der Waals surface area (Å²) in [5, 5.41) is 11.5. The second kappa shape index (κ2) is 8.34. The molecule has 1 aromatic heterocycles. The molecule has 1 N–H and O–H groups in total. The fourth-order valence-electron chi connectivity index (χ4n) is 2.51. The molecule has 1 saturated heterocycles. The van der Waals surface area contributed by atoms with Crippen molar-refractivity contribution in [1.82, 2.24) is 25.2 Å². The van der Waals surface area contributed by atoms with Crippen LogP contribution in [-0.2, 0) is 17.8 Å². The highest BCUT2D eigenvalue weighted by Crippen LogP contribution is 2.14. The molecule has 0 aromatic carbocycles. The van der Waals surface area contributed by atoms with Crippen molar-refractivity contribution in [3.8, 4) is 0 Å². The lowest BCUT2D eigenvalue weighted by Gasteiger charge is -2.32. The van der Waals surface area contributed by atoms with E-state index in [1.54, 1.807) is 0 Å². The van der Waals surface area contributed by atoms with E-state index in [2.05, 4.69) is 34.5 Å². The Morgan fingerprint density at radius 1 is 1.45 bits per heavy atom. The van der Waals surface area contributed by atoms with Gasteiger partial charge in [0.05, 0.1) is 25.5 Å². The number of rotatable bonds is 8. The lowest BCUT2D eigenvalue weighted by Crippen LogP contribution is -2.39. The summed E-state index contributed by atoms with van der Waals surface area (Å²) >= 11 is 0. The molecule has 2 rings (SSSR count). The summed E-state index contributed by atoms with van der Waals surface area (Å²) in [5.41, 5.74) is 0.985. The Balaban J connectivity index is 1.61. The van der Waals surface area contributed by atoms with E-state index in [-0.39, 0.29) is 0 Å². The molecule has 20 heavy (non-hydrogen) atoms.